The van der Waals surface area contributed by atoms with Crippen LogP contribution in [0.5, 0.6) is 0 Å². The van der Waals surface area contributed by atoms with Crippen LogP contribution in [0.4, 0.5) is 5.69 Å². The second-order valence-electron chi connectivity index (χ2n) is 5.23. The van der Waals surface area contributed by atoms with Gasteiger partial charge in [0.2, 0.25) is 0 Å². The minimum Gasteiger partial charge on any atom is -0.382 e. The standard InChI is InChI=1S/C15H24N2/c1-2-3-4-5-12-6-8-14(9-7-12)17-15-10-13(16)11-15/h6-9,13,15,17H,2-5,10-11,16H2,1H3. The smallest absolute Gasteiger partial charge is 0.0342 e. The highest BCUT2D eigenvalue weighted by Gasteiger charge is 2.25. The van der Waals surface area contributed by atoms with Crippen LogP contribution in [0.3, 0.4) is 0 Å². The maximum atomic E-state index is 5.77. The summed E-state index contributed by atoms with van der Waals surface area (Å²) >= 11 is 0. The minimum absolute atomic E-state index is 0.417. The first kappa shape index (κ1) is 12.4. The van der Waals surface area contributed by atoms with Gasteiger partial charge in [-0.2, -0.15) is 0 Å². The lowest BCUT2D eigenvalue weighted by molar-refractivity contribution is 0.373. The third-order valence-corrected chi connectivity index (χ3v) is 3.57. The van der Waals surface area contributed by atoms with Crippen LogP contribution in [-0.4, -0.2) is 12.1 Å². The largest absolute Gasteiger partial charge is 0.382 e. The Morgan fingerprint density at radius 1 is 1.18 bits per heavy atom. The van der Waals surface area contributed by atoms with E-state index in [-0.39, 0.29) is 0 Å². The summed E-state index contributed by atoms with van der Waals surface area (Å²) in [5.74, 6) is 0. The molecule has 0 spiro atoms. The number of aryl methyl sites for hydroxylation is 1. The molecule has 2 heteroatoms. The zero-order valence-electron chi connectivity index (χ0n) is 10.8. The summed E-state index contributed by atoms with van der Waals surface area (Å²) in [5.41, 5.74) is 8.46. The number of hydrogen-bond donors (Lipinski definition) is 2. The second-order valence-corrected chi connectivity index (χ2v) is 5.23. The lowest BCUT2D eigenvalue weighted by Crippen LogP contribution is -2.44. The quantitative estimate of drug-likeness (QED) is 0.738. The topological polar surface area (TPSA) is 38.0 Å². The van der Waals surface area contributed by atoms with Crippen molar-refractivity contribution in [2.75, 3.05) is 5.32 Å². The number of anilines is 1. The number of benzene rings is 1. The van der Waals surface area contributed by atoms with Gasteiger partial charge in [0.05, 0.1) is 0 Å². The normalized spacial score (nSPS) is 23.2. The number of nitrogens with two attached hydrogens (primary N) is 1. The van der Waals surface area contributed by atoms with Gasteiger partial charge in [-0.15, -0.1) is 0 Å². The third-order valence-electron chi connectivity index (χ3n) is 3.57. The maximum Gasteiger partial charge on any atom is 0.0342 e. The van der Waals surface area contributed by atoms with E-state index in [1.54, 1.807) is 0 Å². The molecular formula is C15H24N2. The van der Waals surface area contributed by atoms with Crippen LogP contribution in [0.15, 0.2) is 24.3 Å². The number of unbranched alkanes of at least 4 members (excludes halogenated alkanes) is 2. The molecule has 2 nitrogen and oxygen atoms in total. The van der Waals surface area contributed by atoms with Gasteiger partial charge in [0.25, 0.3) is 0 Å². The first-order valence-electron chi connectivity index (χ1n) is 6.89. The molecule has 1 aromatic rings. The van der Waals surface area contributed by atoms with Crippen molar-refractivity contribution in [3.63, 3.8) is 0 Å². The summed E-state index contributed by atoms with van der Waals surface area (Å²) in [6.45, 7) is 2.25. The Morgan fingerprint density at radius 3 is 2.47 bits per heavy atom. The zero-order chi connectivity index (χ0) is 12.1. The van der Waals surface area contributed by atoms with E-state index < -0.39 is 0 Å². The predicted octanol–water partition coefficient (Wildman–Crippen LogP) is 3.32. The molecule has 1 aromatic carbocycles. The summed E-state index contributed by atoms with van der Waals surface area (Å²) in [6.07, 6.45) is 7.36. The van der Waals surface area contributed by atoms with Crippen LogP contribution in [0, 0.1) is 0 Å². The van der Waals surface area contributed by atoms with Crippen LogP contribution in [0.25, 0.3) is 0 Å². The Labute approximate surface area is 105 Å². The lowest BCUT2D eigenvalue weighted by atomic mass is 9.87. The van der Waals surface area contributed by atoms with E-state index in [9.17, 15) is 0 Å². The summed E-state index contributed by atoms with van der Waals surface area (Å²) in [4.78, 5) is 0. The van der Waals surface area contributed by atoms with Gasteiger partial charge < -0.3 is 11.1 Å². The van der Waals surface area contributed by atoms with Crippen LogP contribution in [-0.2, 0) is 6.42 Å². The first-order chi connectivity index (χ1) is 8.28. The molecule has 0 radical (unpaired) electrons. The molecule has 0 heterocycles. The van der Waals surface area contributed by atoms with E-state index in [1.807, 2.05) is 0 Å². The predicted molar refractivity (Wildman–Crippen MR) is 74.3 cm³/mol. The summed E-state index contributed by atoms with van der Waals surface area (Å²) in [7, 11) is 0. The van der Waals surface area contributed by atoms with E-state index in [4.69, 9.17) is 5.73 Å². The second kappa shape index (κ2) is 6.06. The van der Waals surface area contributed by atoms with Crippen molar-refractivity contribution in [2.24, 2.45) is 5.73 Å². The van der Waals surface area contributed by atoms with Gasteiger partial charge in [-0.3, -0.25) is 0 Å². The minimum atomic E-state index is 0.417. The fraction of sp³-hybridized carbons (Fsp3) is 0.600. The van der Waals surface area contributed by atoms with Crippen molar-refractivity contribution < 1.29 is 0 Å². The van der Waals surface area contributed by atoms with Crippen molar-refractivity contribution in [1.29, 1.82) is 0 Å². The molecule has 94 valence electrons. The molecule has 0 aromatic heterocycles. The lowest BCUT2D eigenvalue weighted by Gasteiger charge is -2.33. The fourth-order valence-electron chi connectivity index (χ4n) is 2.36. The fourth-order valence-corrected chi connectivity index (χ4v) is 2.36. The molecule has 0 amide bonds. The van der Waals surface area contributed by atoms with E-state index >= 15 is 0 Å². The van der Waals surface area contributed by atoms with Gasteiger partial charge in [-0.1, -0.05) is 31.9 Å². The average molecular weight is 232 g/mol. The van der Waals surface area contributed by atoms with Gasteiger partial charge in [0.15, 0.2) is 0 Å². The van der Waals surface area contributed by atoms with Gasteiger partial charge in [-0.25, -0.2) is 0 Å². The van der Waals surface area contributed by atoms with Crippen molar-refractivity contribution >= 4 is 5.69 Å². The first-order valence-corrected chi connectivity index (χ1v) is 6.89. The highest BCUT2D eigenvalue weighted by atomic mass is 15.0. The zero-order valence-corrected chi connectivity index (χ0v) is 10.8. The molecule has 3 N–H and O–H groups in total. The monoisotopic (exact) mass is 232 g/mol. The summed E-state index contributed by atoms with van der Waals surface area (Å²) < 4.78 is 0. The van der Waals surface area contributed by atoms with Crippen LogP contribution in [0.2, 0.25) is 0 Å². The van der Waals surface area contributed by atoms with Gasteiger partial charge in [0.1, 0.15) is 0 Å². The molecule has 2 rings (SSSR count). The van der Waals surface area contributed by atoms with E-state index in [2.05, 4.69) is 36.5 Å². The molecule has 0 aliphatic heterocycles. The molecule has 1 saturated carbocycles. The highest BCUT2D eigenvalue weighted by molar-refractivity contribution is 5.46. The van der Waals surface area contributed by atoms with Crippen molar-refractivity contribution in [2.45, 2.75) is 57.5 Å². The van der Waals surface area contributed by atoms with Crippen molar-refractivity contribution in [3.8, 4) is 0 Å². The summed E-state index contributed by atoms with van der Waals surface area (Å²) in [5, 5.41) is 3.52. The molecule has 1 aliphatic rings. The Morgan fingerprint density at radius 2 is 1.88 bits per heavy atom. The Kier molecular flexibility index (Phi) is 4.43. The summed E-state index contributed by atoms with van der Waals surface area (Å²) in [6, 6.07) is 9.90. The average Bonchev–Trinajstić information content (AvgIpc) is 2.30. The highest BCUT2D eigenvalue weighted by Crippen LogP contribution is 2.22. The Bertz CT molecular complexity index is 325. The van der Waals surface area contributed by atoms with Gasteiger partial charge in [0, 0.05) is 17.8 Å². The molecule has 1 fully saturated rings. The molecular weight excluding hydrogens is 208 g/mol. The van der Waals surface area contributed by atoms with Crippen LogP contribution in [0.1, 0.15) is 44.6 Å². The number of rotatable bonds is 6. The molecule has 0 bridgehead atoms. The Hall–Kier alpha value is -1.02. The molecule has 17 heavy (non-hydrogen) atoms. The van der Waals surface area contributed by atoms with Crippen LogP contribution >= 0.6 is 0 Å². The van der Waals surface area contributed by atoms with Crippen molar-refractivity contribution in [1.82, 2.24) is 0 Å². The van der Waals surface area contributed by atoms with E-state index in [1.165, 1.54) is 36.9 Å². The number of nitrogens with one attached hydrogen (secondary N) is 1. The van der Waals surface area contributed by atoms with Gasteiger partial charge >= 0.3 is 0 Å². The van der Waals surface area contributed by atoms with Gasteiger partial charge in [-0.05, 0) is 43.4 Å². The molecule has 1 aliphatic carbocycles. The van der Waals surface area contributed by atoms with E-state index in [0.29, 0.717) is 12.1 Å². The maximum absolute atomic E-state index is 5.77. The molecule has 0 saturated heterocycles. The Balaban J connectivity index is 1.77. The molecule has 0 unspecified atom stereocenters. The number of hydrogen-bond acceptors (Lipinski definition) is 2. The third kappa shape index (κ3) is 3.74. The van der Waals surface area contributed by atoms with Crippen molar-refractivity contribution in [3.05, 3.63) is 29.8 Å². The SMILES string of the molecule is CCCCCc1ccc(NC2CC(N)C2)cc1. The van der Waals surface area contributed by atoms with Crippen LogP contribution < -0.4 is 11.1 Å². The molecule has 0 atom stereocenters. The van der Waals surface area contributed by atoms with E-state index in [0.717, 1.165) is 12.8 Å².